The van der Waals surface area contributed by atoms with Crippen molar-refractivity contribution in [3.8, 4) is 5.75 Å². The molecule has 0 aliphatic carbocycles. The van der Waals surface area contributed by atoms with E-state index in [2.05, 4.69) is 20.3 Å². The second kappa shape index (κ2) is 6.97. The molecule has 1 aliphatic heterocycles. The van der Waals surface area contributed by atoms with Crippen LogP contribution >= 0.6 is 11.8 Å². The second-order valence-electron chi connectivity index (χ2n) is 5.45. The van der Waals surface area contributed by atoms with E-state index in [1.54, 1.807) is 19.5 Å². The Morgan fingerprint density at radius 2 is 1.92 bits per heavy atom. The van der Waals surface area contributed by atoms with Gasteiger partial charge in [-0.25, -0.2) is 4.99 Å². The molecule has 26 heavy (non-hydrogen) atoms. The summed E-state index contributed by atoms with van der Waals surface area (Å²) in [4.78, 5) is 25.9. The van der Waals surface area contributed by atoms with Crippen LogP contribution in [0.15, 0.2) is 64.8 Å². The maximum atomic E-state index is 11.9. The Kier molecular flexibility index (Phi) is 4.37. The van der Waals surface area contributed by atoms with Crippen LogP contribution < -0.4 is 10.1 Å². The number of aliphatic imine (C=N–C) groups is 1. The molecule has 0 radical (unpaired) electrons. The van der Waals surface area contributed by atoms with Crippen molar-refractivity contribution in [1.82, 2.24) is 15.3 Å². The number of amides is 1. The first-order valence-corrected chi connectivity index (χ1v) is 8.68. The van der Waals surface area contributed by atoms with E-state index in [4.69, 9.17) is 4.74 Å². The Bertz CT molecular complexity index is 1040. The minimum Gasteiger partial charge on any atom is -0.497 e. The number of aromatic nitrogens is 2. The number of benzene rings is 2. The molecule has 4 rings (SSSR count). The van der Waals surface area contributed by atoms with Gasteiger partial charge in [-0.2, -0.15) is 0 Å². The number of fused-ring (bicyclic) bond motifs is 1. The predicted octanol–water partition coefficient (Wildman–Crippen LogP) is 4.17. The van der Waals surface area contributed by atoms with Gasteiger partial charge in [0.25, 0.3) is 5.24 Å². The van der Waals surface area contributed by atoms with Crippen molar-refractivity contribution in [3.05, 3.63) is 65.3 Å². The third-order valence-electron chi connectivity index (χ3n) is 3.79. The molecule has 0 bridgehead atoms. The Hall–Kier alpha value is -3.19. The lowest BCUT2D eigenvalue weighted by atomic mass is 10.1. The van der Waals surface area contributed by atoms with Gasteiger partial charge in [-0.3, -0.25) is 14.8 Å². The van der Waals surface area contributed by atoms with Crippen molar-refractivity contribution in [2.45, 2.75) is 0 Å². The van der Waals surface area contributed by atoms with Crippen LogP contribution in [0.1, 0.15) is 5.56 Å². The molecule has 128 valence electrons. The topological polar surface area (TPSA) is 76.5 Å². The van der Waals surface area contributed by atoms with E-state index in [1.165, 1.54) is 0 Å². The molecule has 0 unspecified atom stereocenters. The predicted molar refractivity (Wildman–Crippen MR) is 104 cm³/mol. The second-order valence-corrected chi connectivity index (χ2v) is 6.47. The largest absolute Gasteiger partial charge is 0.497 e. The van der Waals surface area contributed by atoms with Crippen LogP contribution in [-0.4, -0.2) is 28.2 Å². The van der Waals surface area contributed by atoms with E-state index in [1.807, 2.05) is 48.5 Å². The van der Waals surface area contributed by atoms with Gasteiger partial charge >= 0.3 is 0 Å². The van der Waals surface area contributed by atoms with E-state index in [0.29, 0.717) is 5.84 Å². The number of carbonyl (C=O) groups excluding carboxylic acids is 1. The highest BCUT2D eigenvalue weighted by Crippen LogP contribution is 2.30. The lowest BCUT2D eigenvalue weighted by Crippen LogP contribution is -2.18. The molecule has 1 N–H and O–H groups in total. The molecule has 0 atom stereocenters. The van der Waals surface area contributed by atoms with Crippen molar-refractivity contribution in [3.63, 3.8) is 0 Å². The summed E-state index contributed by atoms with van der Waals surface area (Å²) in [5.41, 5.74) is 3.20. The van der Waals surface area contributed by atoms with Crippen molar-refractivity contribution >= 4 is 45.6 Å². The highest BCUT2D eigenvalue weighted by atomic mass is 32.2. The molecule has 0 spiro atoms. The number of nitrogens with zero attached hydrogens (tertiary/aromatic N) is 3. The number of nitrogens with one attached hydrogen (secondary N) is 1. The number of ether oxygens (including phenoxy) is 1. The minimum absolute atomic E-state index is 0.158. The fourth-order valence-corrected chi connectivity index (χ4v) is 3.30. The lowest BCUT2D eigenvalue weighted by Gasteiger charge is -2.03. The molecule has 7 heteroatoms. The van der Waals surface area contributed by atoms with Gasteiger partial charge in [0, 0.05) is 18.0 Å². The van der Waals surface area contributed by atoms with E-state index in [0.717, 1.165) is 44.7 Å². The summed E-state index contributed by atoms with van der Waals surface area (Å²) in [7, 11) is 1.61. The summed E-state index contributed by atoms with van der Waals surface area (Å²) in [5.74, 6) is 1.27. The van der Waals surface area contributed by atoms with Crippen molar-refractivity contribution in [2.24, 2.45) is 4.99 Å². The van der Waals surface area contributed by atoms with Gasteiger partial charge in [0.15, 0.2) is 0 Å². The highest BCUT2D eigenvalue weighted by molar-refractivity contribution is 8.18. The Morgan fingerprint density at radius 1 is 1.12 bits per heavy atom. The van der Waals surface area contributed by atoms with Gasteiger partial charge in [0.05, 0.1) is 28.7 Å². The average Bonchev–Trinajstić information content (AvgIpc) is 3.01. The Labute approximate surface area is 154 Å². The molecule has 1 amide bonds. The number of para-hydroxylation sites is 1. The molecular formula is C19H14N4O2S. The van der Waals surface area contributed by atoms with Crippen molar-refractivity contribution < 1.29 is 9.53 Å². The van der Waals surface area contributed by atoms with Crippen LogP contribution in [0, 0.1) is 0 Å². The van der Waals surface area contributed by atoms with E-state index in [9.17, 15) is 4.79 Å². The Balaban J connectivity index is 1.74. The summed E-state index contributed by atoms with van der Waals surface area (Å²) in [6, 6.07) is 13.1. The summed E-state index contributed by atoms with van der Waals surface area (Å²) < 4.78 is 5.15. The maximum Gasteiger partial charge on any atom is 0.289 e. The molecule has 2 heterocycles. The molecule has 6 nitrogen and oxygen atoms in total. The molecule has 2 aromatic carbocycles. The SMILES string of the molecule is COc1ccc(N=C2NC(=O)SC2=Cc2cccc3nccnc23)cc1. The number of amidine groups is 1. The van der Waals surface area contributed by atoms with Crippen molar-refractivity contribution in [1.29, 1.82) is 0 Å². The summed E-state index contributed by atoms with van der Waals surface area (Å²) in [6.07, 6.45) is 5.22. The molecule has 1 saturated heterocycles. The Morgan fingerprint density at radius 3 is 2.73 bits per heavy atom. The molecule has 0 saturated carbocycles. The van der Waals surface area contributed by atoms with Gasteiger partial charge in [-0.15, -0.1) is 0 Å². The number of thioether (sulfide) groups is 1. The number of rotatable bonds is 3. The van der Waals surface area contributed by atoms with Crippen molar-refractivity contribution in [2.75, 3.05) is 7.11 Å². The van der Waals surface area contributed by atoms with E-state index in [-0.39, 0.29) is 5.24 Å². The maximum absolute atomic E-state index is 11.9. The quantitative estimate of drug-likeness (QED) is 0.757. The average molecular weight is 362 g/mol. The van der Waals surface area contributed by atoms with E-state index < -0.39 is 0 Å². The van der Waals surface area contributed by atoms with Crippen LogP contribution in [-0.2, 0) is 0 Å². The first-order valence-electron chi connectivity index (χ1n) is 7.86. The number of methoxy groups -OCH3 is 1. The fraction of sp³-hybridized carbons (Fsp3) is 0.0526. The zero-order valence-electron chi connectivity index (χ0n) is 13.8. The normalized spacial score (nSPS) is 17.0. The minimum atomic E-state index is -0.158. The third-order valence-corrected chi connectivity index (χ3v) is 4.60. The van der Waals surface area contributed by atoms with Crippen LogP contribution in [0.3, 0.4) is 0 Å². The molecule has 1 aromatic heterocycles. The summed E-state index contributed by atoms with van der Waals surface area (Å²) in [6.45, 7) is 0. The van der Waals surface area contributed by atoms with Gasteiger partial charge in [-0.05, 0) is 48.2 Å². The van der Waals surface area contributed by atoms with Crippen LogP contribution in [0.5, 0.6) is 5.75 Å². The fourth-order valence-electron chi connectivity index (χ4n) is 2.57. The van der Waals surface area contributed by atoms with Gasteiger partial charge in [0.2, 0.25) is 0 Å². The number of hydrogen-bond acceptors (Lipinski definition) is 6. The van der Waals surface area contributed by atoms with Gasteiger partial charge < -0.3 is 10.1 Å². The summed E-state index contributed by atoms with van der Waals surface area (Å²) in [5, 5.41) is 2.63. The zero-order chi connectivity index (χ0) is 17.9. The molecular weight excluding hydrogens is 348 g/mol. The molecule has 1 aliphatic rings. The van der Waals surface area contributed by atoms with Crippen LogP contribution in [0.25, 0.3) is 17.1 Å². The first kappa shape index (κ1) is 16.3. The van der Waals surface area contributed by atoms with E-state index >= 15 is 0 Å². The molecule has 3 aromatic rings. The van der Waals surface area contributed by atoms with Crippen LogP contribution in [0.2, 0.25) is 0 Å². The standard InChI is InChI=1S/C19H14N4O2S/c1-25-14-7-5-13(6-8-14)22-18-16(26-19(24)23-18)11-12-3-2-4-15-17(12)21-10-9-20-15/h2-11H,1H3,(H,22,23,24). The summed E-state index contributed by atoms with van der Waals surface area (Å²) >= 11 is 1.11. The smallest absolute Gasteiger partial charge is 0.289 e. The van der Waals surface area contributed by atoms with Gasteiger partial charge in [-0.1, -0.05) is 12.1 Å². The third kappa shape index (κ3) is 3.29. The molecule has 1 fully saturated rings. The number of carbonyl (C=O) groups is 1. The zero-order valence-corrected chi connectivity index (χ0v) is 14.7. The number of hydrogen-bond donors (Lipinski definition) is 1. The van der Waals surface area contributed by atoms with Gasteiger partial charge in [0.1, 0.15) is 11.6 Å². The first-order chi connectivity index (χ1) is 12.7. The lowest BCUT2D eigenvalue weighted by molar-refractivity contribution is 0.265. The highest BCUT2D eigenvalue weighted by Gasteiger charge is 2.24. The monoisotopic (exact) mass is 362 g/mol. The van der Waals surface area contributed by atoms with Crippen LogP contribution in [0.4, 0.5) is 10.5 Å².